The van der Waals surface area contributed by atoms with E-state index in [0.717, 1.165) is 12.8 Å². The topological polar surface area (TPSA) is 26.0 Å². The fraction of sp³-hybridized carbons (Fsp3) is 0.250. The van der Waals surface area contributed by atoms with Crippen molar-refractivity contribution in [1.29, 1.82) is 0 Å². The molecule has 0 aliphatic rings. The third-order valence-electron chi connectivity index (χ3n) is 3.08. The van der Waals surface area contributed by atoms with Crippen LogP contribution in [0.4, 0.5) is 0 Å². The van der Waals surface area contributed by atoms with Crippen molar-refractivity contribution in [3.8, 4) is 0 Å². The molecular weight excluding hydrogens is 206 g/mol. The number of hydrogen-bond donors (Lipinski definition) is 1. The van der Waals surface area contributed by atoms with Gasteiger partial charge in [0, 0.05) is 6.04 Å². The Bertz CT molecular complexity index is 528. The van der Waals surface area contributed by atoms with E-state index in [0.29, 0.717) is 0 Å². The third-order valence-corrected chi connectivity index (χ3v) is 3.08. The quantitative estimate of drug-likeness (QED) is 0.775. The summed E-state index contributed by atoms with van der Waals surface area (Å²) in [5.74, 6) is 0. The van der Waals surface area contributed by atoms with Crippen LogP contribution in [0.3, 0.4) is 0 Å². The summed E-state index contributed by atoms with van der Waals surface area (Å²) in [6, 6.07) is 14.9. The van der Waals surface area contributed by atoms with Crippen LogP contribution in [-0.2, 0) is 0 Å². The molecule has 0 radical (unpaired) electrons. The number of fused-ring (bicyclic) bond motifs is 1. The van der Waals surface area contributed by atoms with Crippen molar-refractivity contribution in [2.24, 2.45) is 5.73 Å². The van der Waals surface area contributed by atoms with Gasteiger partial charge in [0.05, 0.1) is 0 Å². The normalized spacial score (nSPS) is 12.6. The molecular formula is C16H19N. The highest BCUT2D eigenvalue weighted by molar-refractivity contribution is 5.83. The van der Waals surface area contributed by atoms with Gasteiger partial charge in [0.25, 0.3) is 0 Å². The molecule has 0 fully saturated rings. The number of nitrogens with two attached hydrogens (primary N) is 1. The zero-order valence-electron chi connectivity index (χ0n) is 10.3. The molecule has 0 aromatic heterocycles. The summed E-state index contributed by atoms with van der Waals surface area (Å²) in [6.45, 7) is 5.96. The van der Waals surface area contributed by atoms with Gasteiger partial charge in [-0.15, -0.1) is 6.58 Å². The molecule has 0 amide bonds. The maximum absolute atomic E-state index is 6.19. The number of benzene rings is 2. The van der Waals surface area contributed by atoms with Crippen molar-refractivity contribution in [3.63, 3.8) is 0 Å². The lowest BCUT2D eigenvalue weighted by atomic mass is 9.98. The largest absolute Gasteiger partial charge is 0.324 e. The Labute approximate surface area is 103 Å². The van der Waals surface area contributed by atoms with E-state index in [1.807, 2.05) is 6.92 Å². The Kier molecular flexibility index (Phi) is 3.60. The SMILES string of the molecule is C=C(C)CCC(N)c1ccc2ccccc2c1. The van der Waals surface area contributed by atoms with Crippen molar-refractivity contribution in [1.82, 2.24) is 0 Å². The predicted octanol–water partition coefficient (Wildman–Crippen LogP) is 4.20. The molecule has 0 saturated heterocycles. The molecule has 1 atom stereocenters. The Morgan fingerprint density at radius 1 is 1.18 bits per heavy atom. The van der Waals surface area contributed by atoms with Crippen molar-refractivity contribution in [2.75, 3.05) is 0 Å². The molecule has 88 valence electrons. The summed E-state index contributed by atoms with van der Waals surface area (Å²) < 4.78 is 0. The Morgan fingerprint density at radius 3 is 2.59 bits per heavy atom. The molecule has 0 bridgehead atoms. The number of rotatable bonds is 4. The third kappa shape index (κ3) is 2.95. The van der Waals surface area contributed by atoms with Gasteiger partial charge in [-0.1, -0.05) is 42.0 Å². The molecule has 0 aliphatic heterocycles. The Balaban J connectivity index is 2.20. The number of hydrogen-bond acceptors (Lipinski definition) is 1. The highest BCUT2D eigenvalue weighted by Crippen LogP contribution is 2.22. The van der Waals surface area contributed by atoms with E-state index in [2.05, 4.69) is 49.0 Å². The standard InChI is InChI=1S/C16H19N/c1-12(2)7-10-16(17)15-9-8-13-5-3-4-6-14(13)11-15/h3-6,8-9,11,16H,1,7,10,17H2,2H3. The van der Waals surface area contributed by atoms with Crippen molar-refractivity contribution >= 4 is 10.8 Å². The average molecular weight is 225 g/mol. The van der Waals surface area contributed by atoms with Gasteiger partial charge in [-0.25, -0.2) is 0 Å². The first kappa shape index (κ1) is 11.9. The van der Waals surface area contributed by atoms with Crippen LogP contribution >= 0.6 is 0 Å². The first-order valence-corrected chi connectivity index (χ1v) is 6.05. The molecule has 2 rings (SSSR count). The predicted molar refractivity (Wildman–Crippen MR) is 74.9 cm³/mol. The fourth-order valence-electron chi connectivity index (χ4n) is 2.01. The summed E-state index contributed by atoms with van der Waals surface area (Å²) in [5, 5.41) is 2.53. The van der Waals surface area contributed by atoms with Crippen LogP contribution in [0, 0.1) is 0 Å². The summed E-state index contributed by atoms with van der Waals surface area (Å²) in [4.78, 5) is 0. The lowest BCUT2D eigenvalue weighted by molar-refractivity contribution is 0.650. The van der Waals surface area contributed by atoms with Gasteiger partial charge in [0.15, 0.2) is 0 Å². The molecule has 0 heterocycles. The van der Waals surface area contributed by atoms with E-state index in [9.17, 15) is 0 Å². The lowest BCUT2D eigenvalue weighted by Gasteiger charge is -2.12. The van der Waals surface area contributed by atoms with Crippen LogP contribution in [0.5, 0.6) is 0 Å². The molecule has 0 saturated carbocycles. The van der Waals surface area contributed by atoms with E-state index < -0.39 is 0 Å². The molecule has 2 aromatic rings. The zero-order valence-corrected chi connectivity index (χ0v) is 10.3. The maximum Gasteiger partial charge on any atom is 0.0298 e. The average Bonchev–Trinajstić information content (AvgIpc) is 2.35. The van der Waals surface area contributed by atoms with Gasteiger partial charge >= 0.3 is 0 Å². The second-order valence-corrected chi connectivity index (χ2v) is 4.71. The van der Waals surface area contributed by atoms with Gasteiger partial charge in [-0.2, -0.15) is 0 Å². The lowest BCUT2D eigenvalue weighted by Crippen LogP contribution is -2.10. The minimum atomic E-state index is 0.108. The van der Waals surface area contributed by atoms with Gasteiger partial charge < -0.3 is 5.73 Å². The first-order valence-electron chi connectivity index (χ1n) is 6.05. The maximum atomic E-state index is 6.19. The Hall–Kier alpha value is -1.60. The van der Waals surface area contributed by atoms with E-state index >= 15 is 0 Å². The van der Waals surface area contributed by atoms with Gasteiger partial charge in [-0.3, -0.25) is 0 Å². The van der Waals surface area contributed by atoms with Crippen LogP contribution in [0.2, 0.25) is 0 Å². The zero-order chi connectivity index (χ0) is 12.3. The highest BCUT2D eigenvalue weighted by atomic mass is 14.6. The second kappa shape index (κ2) is 5.15. The van der Waals surface area contributed by atoms with Crippen LogP contribution < -0.4 is 5.73 Å². The molecule has 2 N–H and O–H groups in total. The van der Waals surface area contributed by atoms with Gasteiger partial charge in [-0.05, 0) is 42.2 Å². The molecule has 2 aromatic carbocycles. The van der Waals surface area contributed by atoms with Gasteiger partial charge in [0.2, 0.25) is 0 Å². The summed E-state index contributed by atoms with van der Waals surface area (Å²) in [6.07, 6.45) is 1.96. The minimum absolute atomic E-state index is 0.108. The van der Waals surface area contributed by atoms with Crippen molar-refractivity contribution in [2.45, 2.75) is 25.8 Å². The first-order chi connectivity index (χ1) is 8.16. The minimum Gasteiger partial charge on any atom is -0.324 e. The molecule has 0 spiro atoms. The van der Waals surface area contributed by atoms with E-state index in [1.54, 1.807) is 0 Å². The monoisotopic (exact) mass is 225 g/mol. The highest BCUT2D eigenvalue weighted by Gasteiger charge is 2.06. The van der Waals surface area contributed by atoms with Crippen LogP contribution in [-0.4, -0.2) is 0 Å². The second-order valence-electron chi connectivity index (χ2n) is 4.71. The number of allylic oxidation sites excluding steroid dienone is 1. The summed E-state index contributed by atoms with van der Waals surface area (Å²) in [5.41, 5.74) is 8.60. The molecule has 17 heavy (non-hydrogen) atoms. The van der Waals surface area contributed by atoms with Gasteiger partial charge in [0.1, 0.15) is 0 Å². The molecule has 1 nitrogen and oxygen atoms in total. The van der Waals surface area contributed by atoms with Crippen LogP contribution in [0.15, 0.2) is 54.6 Å². The Morgan fingerprint density at radius 2 is 1.88 bits per heavy atom. The van der Waals surface area contributed by atoms with E-state index in [1.165, 1.54) is 21.9 Å². The summed E-state index contributed by atoms with van der Waals surface area (Å²) in [7, 11) is 0. The summed E-state index contributed by atoms with van der Waals surface area (Å²) >= 11 is 0. The molecule has 0 aliphatic carbocycles. The van der Waals surface area contributed by atoms with Crippen LogP contribution in [0.25, 0.3) is 10.8 Å². The van der Waals surface area contributed by atoms with E-state index in [4.69, 9.17) is 5.73 Å². The van der Waals surface area contributed by atoms with E-state index in [-0.39, 0.29) is 6.04 Å². The van der Waals surface area contributed by atoms with Crippen LogP contribution in [0.1, 0.15) is 31.4 Å². The van der Waals surface area contributed by atoms with Crippen molar-refractivity contribution in [3.05, 3.63) is 60.2 Å². The van der Waals surface area contributed by atoms with Crippen molar-refractivity contribution < 1.29 is 0 Å². The molecule has 1 heteroatoms. The smallest absolute Gasteiger partial charge is 0.0298 e. The fourth-order valence-corrected chi connectivity index (χ4v) is 2.01. The molecule has 1 unspecified atom stereocenters.